The van der Waals surface area contributed by atoms with Gasteiger partial charge in [-0.2, -0.15) is 0 Å². The van der Waals surface area contributed by atoms with Crippen molar-refractivity contribution in [1.82, 2.24) is 0 Å². The number of esters is 3. The second-order valence-corrected chi connectivity index (χ2v) is 8.71. The van der Waals surface area contributed by atoms with Crippen LogP contribution in [0.5, 0.6) is 17.2 Å². The molecule has 0 saturated carbocycles. The third-order valence-corrected chi connectivity index (χ3v) is 5.18. The minimum atomic E-state index is -0.587. The topological polar surface area (TPSA) is 78.9 Å². The van der Waals surface area contributed by atoms with Crippen LogP contribution in [-0.4, -0.2) is 17.9 Å². The van der Waals surface area contributed by atoms with Crippen molar-refractivity contribution in [2.75, 3.05) is 0 Å². The highest BCUT2D eigenvalue weighted by Gasteiger charge is 2.08. The zero-order valence-corrected chi connectivity index (χ0v) is 25.0. The Balaban J connectivity index is 2.19. The Kier molecular flexibility index (Phi) is 16.5. The standard InChI is InChI=1S/C38H36O6/c1-4-7-10-13-16-19-36(39)42-33-26-24-31(25-27-33)22-23-32-28-34(43-37(40)20-17-14-11-8-5-2)30-35(29-32)44-38(41)21-18-15-12-9-6-3/h4-30H,1-3H3. The Labute approximate surface area is 259 Å². The van der Waals surface area contributed by atoms with Crippen molar-refractivity contribution in [1.29, 1.82) is 0 Å². The van der Waals surface area contributed by atoms with Crippen LogP contribution in [0.2, 0.25) is 0 Å². The van der Waals surface area contributed by atoms with Gasteiger partial charge in [0.1, 0.15) is 17.2 Å². The summed E-state index contributed by atoms with van der Waals surface area (Å²) in [6.45, 7) is 5.69. The highest BCUT2D eigenvalue weighted by atomic mass is 16.5. The Hall–Kier alpha value is -5.75. The van der Waals surface area contributed by atoms with Crippen LogP contribution >= 0.6 is 0 Å². The second kappa shape index (κ2) is 21.0. The molecule has 44 heavy (non-hydrogen) atoms. The van der Waals surface area contributed by atoms with Gasteiger partial charge in [0.2, 0.25) is 0 Å². The fraction of sp³-hybridized carbons (Fsp3) is 0.0789. The lowest BCUT2D eigenvalue weighted by molar-refractivity contribution is -0.130. The fourth-order valence-corrected chi connectivity index (χ4v) is 3.22. The Morgan fingerprint density at radius 1 is 0.432 bits per heavy atom. The Bertz CT molecular complexity index is 1470. The van der Waals surface area contributed by atoms with Crippen LogP contribution in [0.4, 0.5) is 0 Å². The van der Waals surface area contributed by atoms with Gasteiger partial charge in [-0.15, -0.1) is 0 Å². The summed E-state index contributed by atoms with van der Waals surface area (Å²) in [6, 6.07) is 11.7. The van der Waals surface area contributed by atoms with Gasteiger partial charge in [-0.05, 0) is 56.2 Å². The normalized spacial score (nSPS) is 12.7. The van der Waals surface area contributed by atoms with Crippen LogP contribution in [0.3, 0.4) is 0 Å². The smallest absolute Gasteiger partial charge is 0.336 e. The van der Waals surface area contributed by atoms with E-state index < -0.39 is 17.9 Å². The van der Waals surface area contributed by atoms with Gasteiger partial charge in [-0.3, -0.25) is 0 Å². The first-order valence-corrected chi connectivity index (χ1v) is 13.9. The average Bonchev–Trinajstić information content (AvgIpc) is 3.00. The van der Waals surface area contributed by atoms with Gasteiger partial charge in [0.25, 0.3) is 0 Å². The molecule has 0 atom stereocenters. The van der Waals surface area contributed by atoms with Crippen LogP contribution in [0.25, 0.3) is 12.2 Å². The molecule has 0 aromatic heterocycles. The molecule has 0 radical (unpaired) electrons. The molecule has 0 aliphatic heterocycles. The summed E-state index contributed by atoms with van der Waals surface area (Å²) >= 11 is 0. The molecule has 0 aliphatic rings. The molecule has 2 rings (SSSR count). The summed E-state index contributed by atoms with van der Waals surface area (Å²) in [6.07, 6.45) is 33.9. The highest BCUT2D eigenvalue weighted by molar-refractivity contribution is 5.86. The molecule has 0 unspecified atom stereocenters. The largest absolute Gasteiger partial charge is 0.423 e. The number of carbonyl (C=O) groups is 3. The molecule has 0 aliphatic carbocycles. The molecule has 6 nitrogen and oxygen atoms in total. The van der Waals surface area contributed by atoms with Crippen molar-refractivity contribution in [2.24, 2.45) is 0 Å². The van der Waals surface area contributed by atoms with Crippen LogP contribution in [0.1, 0.15) is 31.9 Å². The zero-order valence-electron chi connectivity index (χ0n) is 25.0. The molecule has 2 aromatic carbocycles. The fourth-order valence-electron chi connectivity index (χ4n) is 3.22. The van der Waals surface area contributed by atoms with Gasteiger partial charge in [-0.25, -0.2) is 14.4 Å². The maximum absolute atomic E-state index is 12.3. The number of hydrogen-bond acceptors (Lipinski definition) is 6. The van der Waals surface area contributed by atoms with Crippen molar-refractivity contribution in [2.45, 2.75) is 20.8 Å². The molecular weight excluding hydrogens is 552 g/mol. The Morgan fingerprint density at radius 2 is 0.795 bits per heavy atom. The van der Waals surface area contributed by atoms with E-state index in [-0.39, 0.29) is 11.5 Å². The van der Waals surface area contributed by atoms with Crippen LogP contribution in [-0.2, 0) is 14.4 Å². The van der Waals surface area contributed by atoms with Crippen molar-refractivity contribution >= 4 is 30.1 Å². The number of allylic oxidation sites excluding steroid dienone is 15. The molecule has 0 N–H and O–H groups in total. The lowest BCUT2D eigenvalue weighted by atomic mass is 10.1. The summed E-state index contributed by atoms with van der Waals surface area (Å²) in [5.74, 6) is -0.851. The number of hydrogen-bond donors (Lipinski definition) is 0. The first-order chi connectivity index (χ1) is 21.4. The van der Waals surface area contributed by atoms with Crippen molar-refractivity contribution < 1.29 is 28.6 Å². The van der Waals surface area contributed by atoms with E-state index in [1.54, 1.807) is 91.1 Å². The predicted octanol–water partition coefficient (Wildman–Crippen LogP) is 8.64. The summed E-state index contributed by atoms with van der Waals surface area (Å²) in [5, 5.41) is 0. The van der Waals surface area contributed by atoms with E-state index in [1.807, 2.05) is 69.4 Å². The van der Waals surface area contributed by atoms with Gasteiger partial charge < -0.3 is 14.2 Å². The third kappa shape index (κ3) is 15.3. The third-order valence-electron chi connectivity index (χ3n) is 5.18. The maximum atomic E-state index is 12.3. The summed E-state index contributed by atoms with van der Waals surface area (Å²) < 4.78 is 16.2. The quantitative estimate of drug-likeness (QED) is 0.0723. The Morgan fingerprint density at radius 3 is 1.20 bits per heavy atom. The number of ether oxygens (including phenoxy) is 3. The molecule has 0 heterocycles. The van der Waals surface area contributed by atoms with Gasteiger partial charge in [-0.1, -0.05) is 115 Å². The summed E-state index contributed by atoms with van der Waals surface area (Å²) in [7, 11) is 0. The van der Waals surface area contributed by atoms with Crippen molar-refractivity contribution in [3.05, 3.63) is 163 Å². The van der Waals surface area contributed by atoms with E-state index in [2.05, 4.69) is 0 Å². The zero-order chi connectivity index (χ0) is 31.8. The van der Waals surface area contributed by atoms with E-state index in [9.17, 15) is 14.4 Å². The lowest BCUT2D eigenvalue weighted by Crippen LogP contribution is -2.06. The van der Waals surface area contributed by atoms with Gasteiger partial charge in [0, 0.05) is 24.3 Å². The maximum Gasteiger partial charge on any atom is 0.336 e. The van der Waals surface area contributed by atoms with Gasteiger partial charge >= 0.3 is 17.9 Å². The van der Waals surface area contributed by atoms with Crippen LogP contribution in [0, 0.1) is 0 Å². The number of rotatable bonds is 14. The van der Waals surface area contributed by atoms with Crippen LogP contribution in [0.15, 0.2) is 152 Å². The van der Waals surface area contributed by atoms with E-state index in [0.717, 1.165) is 5.56 Å². The van der Waals surface area contributed by atoms with E-state index >= 15 is 0 Å². The predicted molar refractivity (Wildman–Crippen MR) is 178 cm³/mol. The molecule has 0 bridgehead atoms. The van der Waals surface area contributed by atoms with E-state index in [4.69, 9.17) is 14.2 Å². The molecule has 0 saturated heterocycles. The molecule has 0 fully saturated rings. The number of carbonyl (C=O) groups excluding carboxylic acids is 3. The summed E-state index contributed by atoms with van der Waals surface area (Å²) in [4.78, 5) is 36.7. The van der Waals surface area contributed by atoms with Crippen LogP contribution < -0.4 is 14.2 Å². The van der Waals surface area contributed by atoms with Crippen molar-refractivity contribution in [3.63, 3.8) is 0 Å². The van der Waals surface area contributed by atoms with Gasteiger partial charge in [0.15, 0.2) is 0 Å². The van der Waals surface area contributed by atoms with Crippen molar-refractivity contribution in [3.8, 4) is 17.2 Å². The molecular formula is C38H36O6. The minimum absolute atomic E-state index is 0.204. The highest BCUT2D eigenvalue weighted by Crippen LogP contribution is 2.25. The second-order valence-electron chi connectivity index (χ2n) is 8.71. The minimum Gasteiger partial charge on any atom is -0.423 e. The van der Waals surface area contributed by atoms with E-state index in [0.29, 0.717) is 11.3 Å². The summed E-state index contributed by atoms with van der Waals surface area (Å²) in [5.41, 5.74) is 1.45. The molecule has 0 spiro atoms. The first-order valence-electron chi connectivity index (χ1n) is 13.9. The molecule has 2 aromatic rings. The molecule has 224 valence electrons. The van der Waals surface area contributed by atoms with E-state index in [1.165, 1.54) is 24.3 Å². The SMILES string of the molecule is CC=CC=CC=CC(=O)Oc1ccc(C=Cc2cc(OC(=O)C=CC=CC=CC)cc(OC(=O)C=CC=CC=CC)c2)cc1. The molecule has 0 amide bonds. The number of benzene rings is 2. The average molecular weight is 589 g/mol. The first kappa shape index (κ1) is 34.5. The molecule has 6 heteroatoms. The van der Waals surface area contributed by atoms with Gasteiger partial charge in [0.05, 0.1) is 0 Å². The lowest BCUT2D eigenvalue weighted by Gasteiger charge is -2.08. The monoisotopic (exact) mass is 588 g/mol.